The van der Waals surface area contributed by atoms with E-state index in [9.17, 15) is 0 Å². The van der Waals surface area contributed by atoms with Crippen LogP contribution in [0.1, 0.15) is 6.42 Å². The molecule has 0 spiro atoms. The van der Waals surface area contributed by atoms with Gasteiger partial charge in [-0.3, -0.25) is 0 Å². The molecule has 2 fully saturated rings. The maximum Gasteiger partial charge on any atom is 0.122 e. The molecule has 2 N–H and O–H groups in total. The first-order chi connectivity index (χ1) is 6.35. The monoisotopic (exact) mass is 177 g/mol. The fourth-order valence-corrected chi connectivity index (χ4v) is 2.53. The van der Waals surface area contributed by atoms with Crippen molar-refractivity contribution in [3.05, 3.63) is 0 Å². The van der Waals surface area contributed by atoms with Gasteiger partial charge in [0.2, 0.25) is 0 Å². The average Bonchev–Trinajstić information content (AvgIpc) is 2.59. The zero-order valence-corrected chi connectivity index (χ0v) is 8.09. The first kappa shape index (κ1) is 9.05. The Balaban J connectivity index is 2.01. The molecule has 4 unspecified atom stereocenters. The summed E-state index contributed by atoms with van der Waals surface area (Å²) in [5.74, 6) is 1.55. The number of rotatable bonds is 1. The lowest BCUT2D eigenvalue weighted by atomic mass is 9.61. The Morgan fingerprint density at radius 1 is 1.38 bits per heavy atom. The molecule has 0 aromatic rings. The van der Waals surface area contributed by atoms with Gasteiger partial charge in [0.1, 0.15) is 7.28 Å². The number of piperidine rings is 1. The highest BCUT2D eigenvalue weighted by Gasteiger charge is 2.39. The van der Waals surface area contributed by atoms with E-state index in [2.05, 4.69) is 23.5 Å². The highest BCUT2D eigenvalue weighted by Crippen LogP contribution is 2.32. The second-order valence-electron chi connectivity index (χ2n) is 4.20. The predicted octanol–water partition coefficient (Wildman–Crippen LogP) is -0.0619. The van der Waals surface area contributed by atoms with E-state index in [0.717, 1.165) is 18.9 Å². The largest absolute Gasteiger partial charge is 0.302 e. The van der Waals surface area contributed by atoms with E-state index in [-0.39, 0.29) is 5.92 Å². The van der Waals surface area contributed by atoms with E-state index in [1.54, 1.807) is 0 Å². The summed E-state index contributed by atoms with van der Waals surface area (Å²) in [5.41, 5.74) is 0. The molecule has 0 aromatic carbocycles. The standard InChI is InChI=1S/C9H16BN3/c1-10-7-2-8-6(3-11)4-12-9(8)13-5-7/h6-10,12-13H,2,4-5H2,1H3. The molecule has 2 saturated heterocycles. The van der Waals surface area contributed by atoms with Gasteiger partial charge in [-0.15, -0.1) is 0 Å². The van der Waals surface area contributed by atoms with Crippen LogP contribution >= 0.6 is 0 Å². The molecule has 3 nitrogen and oxygen atoms in total. The van der Waals surface area contributed by atoms with Crippen LogP contribution in [0, 0.1) is 23.2 Å². The Morgan fingerprint density at radius 3 is 2.85 bits per heavy atom. The summed E-state index contributed by atoms with van der Waals surface area (Å²) in [5, 5.41) is 15.8. The third kappa shape index (κ3) is 1.59. The summed E-state index contributed by atoms with van der Waals surface area (Å²) >= 11 is 0. The van der Waals surface area contributed by atoms with Crippen molar-refractivity contribution in [2.75, 3.05) is 13.1 Å². The molecule has 13 heavy (non-hydrogen) atoms. The van der Waals surface area contributed by atoms with Crippen molar-refractivity contribution in [1.29, 1.82) is 5.26 Å². The number of nitrogens with one attached hydrogen (secondary N) is 2. The van der Waals surface area contributed by atoms with Crippen LogP contribution in [0.2, 0.25) is 12.6 Å². The van der Waals surface area contributed by atoms with E-state index in [4.69, 9.17) is 5.26 Å². The van der Waals surface area contributed by atoms with Gasteiger partial charge in [0.05, 0.1) is 18.2 Å². The summed E-state index contributed by atoms with van der Waals surface area (Å²) < 4.78 is 0. The van der Waals surface area contributed by atoms with Crippen molar-refractivity contribution in [3.63, 3.8) is 0 Å². The Labute approximate surface area is 80.1 Å². The SMILES string of the molecule is CBC1CNC2NCC(C#N)C2C1. The maximum absolute atomic E-state index is 8.95. The van der Waals surface area contributed by atoms with Crippen LogP contribution in [-0.2, 0) is 0 Å². The predicted molar refractivity (Wildman–Crippen MR) is 53.8 cm³/mol. The van der Waals surface area contributed by atoms with E-state index >= 15 is 0 Å². The molecule has 2 aliphatic heterocycles. The zero-order chi connectivity index (χ0) is 9.26. The van der Waals surface area contributed by atoms with Gasteiger partial charge in [-0.25, -0.2) is 0 Å². The van der Waals surface area contributed by atoms with Gasteiger partial charge in [0, 0.05) is 12.5 Å². The fourth-order valence-electron chi connectivity index (χ4n) is 2.53. The highest BCUT2D eigenvalue weighted by molar-refractivity contribution is 6.35. The van der Waals surface area contributed by atoms with Gasteiger partial charge in [0.15, 0.2) is 0 Å². The van der Waals surface area contributed by atoms with Crippen LogP contribution in [-0.4, -0.2) is 26.5 Å². The van der Waals surface area contributed by atoms with E-state index in [1.165, 1.54) is 13.7 Å². The Morgan fingerprint density at radius 2 is 2.15 bits per heavy atom. The molecular weight excluding hydrogens is 161 g/mol. The molecule has 4 atom stereocenters. The van der Waals surface area contributed by atoms with Gasteiger partial charge in [-0.2, -0.15) is 5.26 Å². The first-order valence-electron chi connectivity index (χ1n) is 5.21. The summed E-state index contributed by atoms with van der Waals surface area (Å²) in [7, 11) is 1.23. The second kappa shape index (κ2) is 3.69. The van der Waals surface area contributed by atoms with Crippen molar-refractivity contribution in [2.24, 2.45) is 11.8 Å². The fraction of sp³-hybridized carbons (Fsp3) is 0.889. The number of hydrogen-bond donors (Lipinski definition) is 2. The van der Waals surface area contributed by atoms with Crippen molar-refractivity contribution in [3.8, 4) is 6.07 Å². The van der Waals surface area contributed by atoms with Gasteiger partial charge >= 0.3 is 0 Å². The van der Waals surface area contributed by atoms with Crippen molar-refractivity contribution < 1.29 is 0 Å². The maximum atomic E-state index is 8.95. The molecule has 2 heterocycles. The minimum absolute atomic E-state index is 0.229. The molecule has 0 bridgehead atoms. The quantitative estimate of drug-likeness (QED) is 0.551. The number of nitriles is 1. The van der Waals surface area contributed by atoms with Gasteiger partial charge in [0.25, 0.3) is 0 Å². The first-order valence-corrected chi connectivity index (χ1v) is 5.21. The lowest BCUT2D eigenvalue weighted by Crippen LogP contribution is -2.48. The normalized spacial score (nSPS) is 43.7. The van der Waals surface area contributed by atoms with Crippen LogP contribution < -0.4 is 10.6 Å². The van der Waals surface area contributed by atoms with Crippen LogP contribution in [0.3, 0.4) is 0 Å². The average molecular weight is 177 g/mol. The van der Waals surface area contributed by atoms with Crippen molar-refractivity contribution in [1.82, 2.24) is 10.6 Å². The minimum Gasteiger partial charge on any atom is -0.302 e. The summed E-state index contributed by atoms with van der Waals surface area (Å²) in [6.45, 7) is 4.22. The number of fused-ring (bicyclic) bond motifs is 1. The summed E-state index contributed by atoms with van der Waals surface area (Å²) in [6.07, 6.45) is 1.63. The Kier molecular flexibility index (Phi) is 2.57. The molecule has 70 valence electrons. The number of hydrogen-bond acceptors (Lipinski definition) is 3. The molecule has 0 amide bonds. The molecule has 2 rings (SSSR count). The summed E-state index contributed by atoms with van der Waals surface area (Å²) in [6, 6.07) is 2.41. The molecular formula is C9H16BN3. The van der Waals surface area contributed by atoms with Crippen LogP contribution in [0.25, 0.3) is 0 Å². The Hall–Kier alpha value is -0.525. The molecule has 0 aliphatic carbocycles. The Bertz CT molecular complexity index is 225. The second-order valence-corrected chi connectivity index (χ2v) is 4.20. The number of nitrogens with zero attached hydrogens (tertiary/aromatic N) is 1. The van der Waals surface area contributed by atoms with Gasteiger partial charge in [-0.05, 0) is 13.0 Å². The lowest BCUT2D eigenvalue weighted by molar-refractivity contribution is 0.279. The van der Waals surface area contributed by atoms with Gasteiger partial charge in [-0.1, -0.05) is 12.6 Å². The lowest BCUT2D eigenvalue weighted by Gasteiger charge is -2.32. The van der Waals surface area contributed by atoms with E-state index in [0.29, 0.717) is 12.1 Å². The molecule has 0 radical (unpaired) electrons. The molecule has 0 aromatic heterocycles. The van der Waals surface area contributed by atoms with Crippen molar-refractivity contribution >= 4 is 7.28 Å². The molecule has 4 heteroatoms. The van der Waals surface area contributed by atoms with E-state index in [1.807, 2.05) is 0 Å². The van der Waals surface area contributed by atoms with Crippen molar-refractivity contribution in [2.45, 2.75) is 25.2 Å². The molecule has 2 aliphatic rings. The third-order valence-corrected chi connectivity index (χ3v) is 3.48. The topological polar surface area (TPSA) is 47.8 Å². The zero-order valence-electron chi connectivity index (χ0n) is 8.09. The molecule has 0 saturated carbocycles. The van der Waals surface area contributed by atoms with Crippen LogP contribution in [0.4, 0.5) is 0 Å². The highest BCUT2D eigenvalue weighted by atomic mass is 15.2. The smallest absolute Gasteiger partial charge is 0.122 e. The van der Waals surface area contributed by atoms with E-state index < -0.39 is 0 Å². The third-order valence-electron chi connectivity index (χ3n) is 3.48. The van der Waals surface area contributed by atoms with Gasteiger partial charge < -0.3 is 10.6 Å². The van der Waals surface area contributed by atoms with Crippen LogP contribution in [0.5, 0.6) is 0 Å². The summed E-state index contributed by atoms with van der Waals surface area (Å²) in [4.78, 5) is 0. The van der Waals surface area contributed by atoms with Crippen LogP contribution in [0.15, 0.2) is 0 Å². The minimum atomic E-state index is 0.229.